The van der Waals surface area contributed by atoms with Crippen LogP contribution in [0.2, 0.25) is 0 Å². The maximum Gasteiger partial charge on any atom is 0.198 e. The van der Waals surface area contributed by atoms with Gasteiger partial charge in [-0.3, -0.25) is 0 Å². The molecule has 0 amide bonds. The van der Waals surface area contributed by atoms with Crippen molar-refractivity contribution >= 4 is 37.7 Å². The Morgan fingerprint density at radius 2 is 2.11 bits per heavy atom. The predicted octanol–water partition coefficient (Wildman–Crippen LogP) is 1.58. The van der Waals surface area contributed by atoms with Crippen LogP contribution in [0, 0.1) is 0 Å². The van der Waals surface area contributed by atoms with Gasteiger partial charge in [-0.2, -0.15) is 0 Å². The maximum atomic E-state index is 5.39. The molecule has 2 N–H and O–H groups in total. The lowest BCUT2D eigenvalue weighted by molar-refractivity contribution is 1.11. The molecule has 0 atom stereocenters. The minimum Gasteiger partial charge on any atom is -0.383 e. The summed E-state index contributed by atoms with van der Waals surface area (Å²) in [6.45, 7) is 0. The fourth-order valence-corrected chi connectivity index (χ4v) is 0.842. The zero-order valence-corrected chi connectivity index (χ0v) is 7.48. The van der Waals surface area contributed by atoms with Crippen LogP contribution in [0.3, 0.4) is 0 Å². The molecule has 0 spiro atoms. The molecule has 0 unspecified atom stereocenters. The first-order valence-corrected chi connectivity index (χ1v) is 3.72. The number of nitrogens with zero attached hydrogens (tertiary/aromatic N) is 2. The molecule has 0 saturated heterocycles. The molecule has 0 saturated carbocycles. The fraction of sp³-hybridized carbons (Fsp3) is 0. The average Bonchev–Trinajstić information content (AvgIpc) is 1.80. The molecule has 9 heavy (non-hydrogen) atoms. The highest BCUT2D eigenvalue weighted by Gasteiger charge is 1.95. The van der Waals surface area contributed by atoms with E-state index in [1.54, 1.807) is 6.20 Å². The molecule has 0 bridgehead atoms. The van der Waals surface area contributed by atoms with Crippen LogP contribution in [0.4, 0.5) is 5.82 Å². The van der Waals surface area contributed by atoms with Crippen LogP contribution in [0.1, 0.15) is 0 Å². The van der Waals surface area contributed by atoms with Crippen LogP contribution >= 0.6 is 31.9 Å². The van der Waals surface area contributed by atoms with Crippen LogP contribution in [-0.2, 0) is 0 Å². The average molecular weight is 253 g/mol. The first-order valence-electron chi connectivity index (χ1n) is 2.13. The highest BCUT2D eigenvalue weighted by Crippen LogP contribution is 2.16. The van der Waals surface area contributed by atoms with Gasteiger partial charge in [0.1, 0.15) is 5.82 Å². The predicted molar refractivity (Wildman–Crippen MR) is 41.8 cm³/mol. The third kappa shape index (κ3) is 1.62. The van der Waals surface area contributed by atoms with Crippen LogP contribution in [0.25, 0.3) is 0 Å². The standard InChI is InChI=1S/C4H3Br2N3/c5-2-1-8-4(6)9-3(2)7/h1H,(H2,7,8,9). The summed E-state index contributed by atoms with van der Waals surface area (Å²) >= 11 is 6.23. The largest absolute Gasteiger partial charge is 0.383 e. The minimum absolute atomic E-state index is 0.442. The van der Waals surface area contributed by atoms with Crippen molar-refractivity contribution in [3.63, 3.8) is 0 Å². The van der Waals surface area contributed by atoms with E-state index in [9.17, 15) is 0 Å². The monoisotopic (exact) mass is 251 g/mol. The van der Waals surface area contributed by atoms with Gasteiger partial charge in [-0.1, -0.05) is 0 Å². The van der Waals surface area contributed by atoms with E-state index in [0.717, 1.165) is 0 Å². The summed E-state index contributed by atoms with van der Waals surface area (Å²) in [5.74, 6) is 0.442. The summed E-state index contributed by atoms with van der Waals surface area (Å²) in [6, 6.07) is 0. The van der Waals surface area contributed by atoms with Gasteiger partial charge in [0.05, 0.1) is 4.47 Å². The van der Waals surface area contributed by atoms with Gasteiger partial charge in [-0.05, 0) is 31.9 Å². The van der Waals surface area contributed by atoms with E-state index in [1.807, 2.05) is 0 Å². The number of anilines is 1. The van der Waals surface area contributed by atoms with Crippen molar-refractivity contribution in [3.8, 4) is 0 Å². The van der Waals surface area contributed by atoms with Gasteiger partial charge >= 0.3 is 0 Å². The van der Waals surface area contributed by atoms with Crippen molar-refractivity contribution < 1.29 is 0 Å². The zero-order chi connectivity index (χ0) is 6.85. The third-order valence-electron chi connectivity index (χ3n) is 0.742. The highest BCUT2D eigenvalue weighted by molar-refractivity contribution is 9.11. The maximum absolute atomic E-state index is 5.39. The SMILES string of the molecule is Nc1nc(Br)ncc1Br. The van der Waals surface area contributed by atoms with Crippen molar-refractivity contribution in [1.82, 2.24) is 9.97 Å². The number of halogens is 2. The van der Waals surface area contributed by atoms with Crippen molar-refractivity contribution in [3.05, 3.63) is 15.4 Å². The van der Waals surface area contributed by atoms with Crippen molar-refractivity contribution in [2.24, 2.45) is 0 Å². The van der Waals surface area contributed by atoms with Gasteiger partial charge in [-0.15, -0.1) is 0 Å². The molecule has 1 heterocycles. The Bertz CT molecular complexity index is 225. The Morgan fingerprint density at radius 3 is 2.56 bits per heavy atom. The van der Waals surface area contributed by atoms with E-state index in [0.29, 0.717) is 15.0 Å². The summed E-state index contributed by atoms with van der Waals surface area (Å²) in [5, 5.41) is 0. The number of hydrogen-bond donors (Lipinski definition) is 1. The summed E-state index contributed by atoms with van der Waals surface area (Å²) in [5.41, 5.74) is 5.39. The summed E-state index contributed by atoms with van der Waals surface area (Å²) < 4.78 is 1.22. The topological polar surface area (TPSA) is 51.8 Å². The number of nitrogen functional groups attached to an aromatic ring is 1. The molecule has 48 valence electrons. The first kappa shape index (κ1) is 6.95. The number of hydrogen-bond acceptors (Lipinski definition) is 3. The van der Waals surface area contributed by atoms with Gasteiger partial charge in [0, 0.05) is 6.20 Å². The molecule has 0 fully saturated rings. The second-order valence-electron chi connectivity index (χ2n) is 1.37. The van der Waals surface area contributed by atoms with Gasteiger partial charge < -0.3 is 5.73 Å². The zero-order valence-electron chi connectivity index (χ0n) is 4.31. The summed E-state index contributed by atoms with van der Waals surface area (Å²) in [6.07, 6.45) is 1.59. The lowest BCUT2D eigenvalue weighted by Gasteiger charge is -1.93. The molecule has 1 aromatic heterocycles. The fourth-order valence-electron chi connectivity index (χ4n) is 0.358. The molecule has 0 aliphatic carbocycles. The van der Waals surface area contributed by atoms with E-state index in [2.05, 4.69) is 41.8 Å². The molecule has 0 radical (unpaired) electrons. The Hall–Kier alpha value is -0.160. The van der Waals surface area contributed by atoms with Crippen molar-refractivity contribution in [2.75, 3.05) is 5.73 Å². The first-order chi connectivity index (χ1) is 4.20. The lowest BCUT2D eigenvalue weighted by Crippen LogP contribution is -1.92. The number of nitrogens with two attached hydrogens (primary N) is 1. The van der Waals surface area contributed by atoms with Gasteiger partial charge in [0.25, 0.3) is 0 Å². The molecule has 5 heteroatoms. The Labute approximate surface area is 68.9 Å². The number of aromatic nitrogens is 2. The van der Waals surface area contributed by atoms with E-state index in [-0.39, 0.29) is 0 Å². The quantitative estimate of drug-likeness (QED) is 0.714. The normalized spacial score (nSPS) is 9.56. The molecule has 0 aliphatic heterocycles. The van der Waals surface area contributed by atoms with Gasteiger partial charge in [-0.25, -0.2) is 9.97 Å². The number of rotatable bonds is 0. The second kappa shape index (κ2) is 2.62. The Kier molecular flexibility index (Phi) is 2.02. The smallest absolute Gasteiger partial charge is 0.198 e. The molecule has 1 aromatic rings. The molecular formula is C4H3Br2N3. The van der Waals surface area contributed by atoms with E-state index in [1.165, 1.54) is 0 Å². The Morgan fingerprint density at radius 1 is 1.44 bits per heavy atom. The van der Waals surface area contributed by atoms with Crippen LogP contribution in [-0.4, -0.2) is 9.97 Å². The van der Waals surface area contributed by atoms with Gasteiger partial charge in [0.2, 0.25) is 0 Å². The van der Waals surface area contributed by atoms with Crippen molar-refractivity contribution in [2.45, 2.75) is 0 Å². The molecule has 1 rings (SSSR count). The summed E-state index contributed by atoms with van der Waals surface area (Å²) in [7, 11) is 0. The van der Waals surface area contributed by atoms with E-state index < -0.39 is 0 Å². The Balaban J connectivity index is 3.17. The van der Waals surface area contributed by atoms with Crippen LogP contribution in [0.15, 0.2) is 15.4 Å². The minimum atomic E-state index is 0.442. The molecule has 3 nitrogen and oxygen atoms in total. The molecular weight excluding hydrogens is 250 g/mol. The van der Waals surface area contributed by atoms with E-state index >= 15 is 0 Å². The summed E-state index contributed by atoms with van der Waals surface area (Å²) in [4.78, 5) is 7.63. The highest BCUT2D eigenvalue weighted by atomic mass is 79.9. The van der Waals surface area contributed by atoms with Crippen molar-refractivity contribution in [1.29, 1.82) is 0 Å². The van der Waals surface area contributed by atoms with Crippen LogP contribution in [0.5, 0.6) is 0 Å². The molecule has 0 aromatic carbocycles. The third-order valence-corrected chi connectivity index (χ3v) is 1.73. The van der Waals surface area contributed by atoms with E-state index in [4.69, 9.17) is 5.73 Å². The van der Waals surface area contributed by atoms with Crippen LogP contribution < -0.4 is 5.73 Å². The second-order valence-corrected chi connectivity index (χ2v) is 2.94. The molecule has 0 aliphatic rings. The van der Waals surface area contributed by atoms with Gasteiger partial charge in [0.15, 0.2) is 4.73 Å². The lowest BCUT2D eigenvalue weighted by atomic mass is 10.6.